The lowest BCUT2D eigenvalue weighted by Gasteiger charge is -2.30. The van der Waals surface area contributed by atoms with Crippen LogP contribution in [0.15, 0.2) is 22.7 Å². The molecular formula is C14H15BrClNO4. The van der Waals surface area contributed by atoms with E-state index in [1.54, 1.807) is 23.1 Å². The number of hydrogen-bond acceptors (Lipinski definition) is 4. The molecule has 0 aromatic heterocycles. The summed E-state index contributed by atoms with van der Waals surface area (Å²) in [6, 6.07) is 4.87. The molecule has 1 heterocycles. The minimum atomic E-state index is -0.615. The van der Waals surface area contributed by atoms with E-state index in [1.807, 2.05) is 6.92 Å². The van der Waals surface area contributed by atoms with Gasteiger partial charge in [-0.25, -0.2) is 4.79 Å². The Morgan fingerprint density at radius 1 is 1.52 bits per heavy atom. The molecule has 0 saturated carbocycles. The summed E-state index contributed by atoms with van der Waals surface area (Å²) < 4.78 is 11.1. The van der Waals surface area contributed by atoms with E-state index >= 15 is 0 Å². The molecule has 1 saturated heterocycles. The highest BCUT2D eigenvalue weighted by Crippen LogP contribution is 2.21. The largest absolute Gasteiger partial charge is 0.452 e. The SMILES string of the molecule is CC1CN(C(=O)COC(=O)c2cc(Br)ccc2Cl)CCO1. The Morgan fingerprint density at radius 3 is 3.00 bits per heavy atom. The maximum Gasteiger partial charge on any atom is 0.340 e. The lowest BCUT2D eigenvalue weighted by Crippen LogP contribution is -2.46. The van der Waals surface area contributed by atoms with E-state index in [1.165, 1.54) is 0 Å². The Kier molecular flexibility index (Phi) is 5.61. The first-order valence-corrected chi connectivity index (χ1v) is 7.66. The molecule has 1 aliphatic rings. The number of morpholine rings is 1. The third kappa shape index (κ3) is 4.43. The smallest absolute Gasteiger partial charge is 0.340 e. The number of halogens is 2. The van der Waals surface area contributed by atoms with Gasteiger partial charge in [-0.15, -0.1) is 0 Å². The number of nitrogens with zero attached hydrogens (tertiary/aromatic N) is 1. The predicted octanol–water partition coefficient (Wildman–Crippen LogP) is 2.51. The topological polar surface area (TPSA) is 55.8 Å². The fourth-order valence-corrected chi connectivity index (χ4v) is 2.55. The molecule has 1 amide bonds. The van der Waals surface area contributed by atoms with E-state index in [0.29, 0.717) is 24.2 Å². The Balaban J connectivity index is 1.91. The molecule has 0 bridgehead atoms. The quantitative estimate of drug-likeness (QED) is 0.761. The zero-order valence-electron chi connectivity index (χ0n) is 11.5. The molecule has 0 spiro atoms. The molecule has 114 valence electrons. The van der Waals surface area contributed by atoms with E-state index < -0.39 is 5.97 Å². The van der Waals surface area contributed by atoms with Crippen LogP contribution in [0.25, 0.3) is 0 Å². The van der Waals surface area contributed by atoms with Gasteiger partial charge in [-0.3, -0.25) is 4.79 Å². The highest BCUT2D eigenvalue weighted by molar-refractivity contribution is 9.10. The first-order valence-electron chi connectivity index (χ1n) is 6.49. The molecule has 2 rings (SSSR count). The summed E-state index contributed by atoms with van der Waals surface area (Å²) in [7, 11) is 0. The first kappa shape index (κ1) is 16.3. The fraction of sp³-hybridized carbons (Fsp3) is 0.429. The van der Waals surface area contributed by atoms with Crippen molar-refractivity contribution in [2.75, 3.05) is 26.3 Å². The van der Waals surface area contributed by atoms with Crippen LogP contribution in [0.4, 0.5) is 0 Å². The molecule has 0 radical (unpaired) electrons. The van der Waals surface area contributed by atoms with Crippen molar-refractivity contribution >= 4 is 39.4 Å². The van der Waals surface area contributed by atoms with Crippen molar-refractivity contribution in [3.8, 4) is 0 Å². The second kappa shape index (κ2) is 7.24. The summed E-state index contributed by atoms with van der Waals surface area (Å²) in [6.07, 6.45) is -0.00192. The van der Waals surface area contributed by atoms with Crippen LogP contribution < -0.4 is 0 Å². The summed E-state index contributed by atoms with van der Waals surface area (Å²) in [5.41, 5.74) is 0.231. The van der Waals surface area contributed by atoms with Gasteiger partial charge in [0.15, 0.2) is 6.61 Å². The van der Waals surface area contributed by atoms with Crippen LogP contribution >= 0.6 is 27.5 Å². The average Bonchev–Trinajstić information content (AvgIpc) is 2.47. The highest BCUT2D eigenvalue weighted by atomic mass is 79.9. The van der Waals surface area contributed by atoms with E-state index in [9.17, 15) is 9.59 Å². The molecule has 0 aliphatic carbocycles. The molecule has 1 aliphatic heterocycles. The van der Waals surface area contributed by atoms with Crippen LogP contribution in [0.3, 0.4) is 0 Å². The van der Waals surface area contributed by atoms with Crippen molar-refractivity contribution in [1.82, 2.24) is 4.90 Å². The molecule has 1 atom stereocenters. The summed E-state index contributed by atoms with van der Waals surface area (Å²) in [5, 5.41) is 0.288. The molecule has 0 N–H and O–H groups in total. The zero-order chi connectivity index (χ0) is 15.4. The van der Waals surface area contributed by atoms with Crippen molar-refractivity contribution in [2.24, 2.45) is 0 Å². The van der Waals surface area contributed by atoms with Crippen LogP contribution in [0, 0.1) is 0 Å². The number of hydrogen-bond donors (Lipinski definition) is 0. The second-order valence-electron chi connectivity index (χ2n) is 4.72. The van der Waals surface area contributed by atoms with E-state index in [2.05, 4.69) is 15.9 Å². The van der Waals surface area contributed by atoms with Gasteiger partial charge in [0.2, 0.25) is 0 Å². The standard InChI is InChI=1S/C14H15BrClNO4/c1-9-7-17(4-5-20-9)13(18)8-21-14(19)11-6-10(15)2-3-12(11)16/h2-3,6,9H,4-5,7-8H2,1H3. The number of carbonyl (C=O) groups excluding carboxylic acids is 2. The number of rotatable bonds is 3. The van der Waals surface area contributed by atoms with Gasteiger partial charge >= 0.3 is 5.97 Å². The number of benzene rings is 1. The van der Waals surface area contributed by atoms with Gasteiger partial charge in [0.1, 0.15) is 0 Å². The van der Waals surface area contributed by atoms with Gasteiger partial charge < -0.3 is 14.4 Å². The van der Waals surface area contributed by atoms with Crippen molar-refractivity contribution in [2.45, 2.75) is 13.0 Å². The maximum atomic E-state index is 12.0. The van der Waals surface area contributed by atoms with E-state index in [-0.39, 0.29) is 29.2 Å². The Bertz CT molecular complexity index is 552. The fourth-order valence-electron chi connectivity index (χ4n) is 2.00. The van der Waals surface area contributed by atoms with Gasteiger partial charge in [-0.1, -0.05) is 27.5 Å². The van der Waals surface area contributed by atoms with Crippen LogP contribution in [0.1, 0.15) is 17.3 Å². The Labute approximate surface area is 136 Å². The molecular weight excluding hydrogens is 362 g/mol. The molecule has 1 fully saturated rings. The van der Waals surface area contributed by atoms with Crippen molar-refractivity contribution < 1.29 is 19.1 Å². The van der Waals surface area contributed by atoms with Crippen LogP contribution in [0.2, 0.25) is 5.02 Å². The lowest BCUT2D eigenvalue weighted by atomic mass is 10.2. The highest BCUT2D eigenvalue weighted by Gasteiger charge is 2.23. The number of carbonyl (C=O) groups is 2. The molecule has 5 nitrogen and oxygen atoms in total. The average molecular weight is 377 g/mol. The van der Waals surface area contributed by atoms with Gasteiger partial charge in [0, 0.05) is 17.6 Å². The van der Waals surface area contributed by atoms with Crippen LogP contribution in [0.5, 0.6) is 0 Å². The summed E-state index contributed by atoms with van der Waals surface area (Å²) in [6.45, 7) is 3.12. The lowest BCUT2D eigenvalue weighted by molar-refractivity contribution is -0.141. The van der Waals surface area contributed by atoms with Crippen molar-refractivity contribution in [3.63, 3.8) is 0 Å². The van der Waals surface area contributed by atoms with Gasteiger partial charge in [0.25, 0.3) is 5.91 Å². The Morgan fingerprint density at radius 2 is 2.29 bits per heavy atom. The third-order valence-corrected chi connectivity index (χ3v) is 3.89. The minimum absolute atomic E-state index is 0.00192. The molecule has 1 aromatic carbocycles. The second-order valence-corrected chi connectivity index (χ2v) is 6.04. The van der Waals surface area contributed by atoms with Crippen LogP contribution in [-0.4, -0.2) is 49.2 Å². The summed E-state index contributed by atoms with van der Waals surface area (Å²) >= 11 is 9.20. The first-order chi connectivity index (χ1) is 9.97. The van der Waals surface area contributed by atoms with Crippen molar-refractivity contribution in [3.05, 3.63) is 33.3 Å². The minimum Gasteiger partial charge on any atom is -0.452 e. The number of amides is 1. The summed E-state index contributed by atoms with van der Waals surface area (Å²) in [5.74, 6) is -0.847. The van der Waals surface area contributed by atoms with Gasteiger partial charge in [0.05, 0.1) is 23.3 Å². The molecule has 21 heavy (non-hydrogen) atoms. The third-order valence-electron chi connectivity index (χ3n) is 3.07. The van der Waals surface area contributed by atoms with Crippen molar-refractivity contribution in [1.29, 1.82) is 0 Å². The zero-order valence-corrected chi connectivity index (χ0v) is 13.8. The van der Waals surface area contributed by atoms with Gasteiger partial charge in [-0.2, -0.15) is 0 Å². The predicted molar refractivity (Wildman–Crippen MR) is 81.4 cm³/mol. The van der Waals surface area contributed by atoms with E-state index in [0.717, 1.165) is 0 Å². The normalized spacial score (nSPS) is 18.4. The molecule has 7 heteroatoms. The molecule has 1 aromatic rings. The monoisotopic (exact) mass is 375 g/mol. The maximum absolute atomic E-state index is 12.0. The van der Waals surface area contributed by atoms with Gasteiger partial charge in [-0.05, 0) is 25.1 Å². The summed E-state index contributed by atoms with van der Waals surface area (Å²) in [4.78, 5) is 25.6. The molecule has 1 unspecified atom stereocenters. The Hall–Kier alpha value is -1.11. The number of ether oxygens (including phenoxy) is 2. The van der Waals surface area contributed by atoms with Crippen LogP contribution in [-0.2, 0) is 14.3 Å². The van der Waals surface area contributed by atoms with E-state index in [4.69, 9.17) is 21.1 Å². The number of esters is 1.